The van der Waals surface area contributed by atoms with Crippen LogP contribution in [0.3, 0.4) is 0 Å². The normalized spacial score (nSPS) is 10.7. The summed E-state index contributed by atoms with van der Waals surface area (Å²) >= 11 is 0. The summed E-state index contributed by atoms with van der Waals surface area (Å²) < 4.78 is 20.8. The minimum atomic E-state index is -0.443. The molecule has 0 bridgehead atoms. The Morgan fingerprint density at radius 3 is 2.72 bits per heavy atom. The maximum atomic E-state index is 13.9. The maximum absolute atomic E-state index is 13.9. The number of hydrogen-bond donors (Lipinski definition) is 0. The topological polar surface area (TPSA) is 67.9 Å². The molecule has 0 spiro atoms. The molecule has 0 saturated carbocycles. The summed E-state index contributed by atoms with van der Waals surface area (Å²) in [5.41, 5.74) is 1.83. The Bertz CT molecular complexity index is 1310. The lowest BCUT2D eigenvalue weighted by atomic mass is 9.96. The van der Waals surface area contributed by atoms with E-state index in [1.165, 1.54) is 16.7 Å². The van der Waals surface area contributed by atoms with Crippen LogP contribution in [0.4, 0.5) is 4.39 Å². The Labute approximate surface area is 166 Å². The SMILES string of the molecule is COc1ccc2c(c1)c(-c1cccc(F)c1)c(C#N)c(=O)n2Cc1cccnc1. The average molecular weight is 385 g/mol. The largest absolute Gasteiger partial charge is 0.497 e. The summed E-state index contributed by atoms with van der Waals surface area (Å²) in [5.74, 6) is 0.132. The molecule has 0 aliphatic heterocycles. The number of pyridine rings is 2. The van der Waals surface area contributed by atoms with E-state index in [0.717, 1.165) is 5.56 Å². The molecule has 0 unspecified atom stereocenters. The number of nitrogens with zero attached hydrogens (tertiary/aromatic N) is 3. The van der Waals surface area contributed by atoms with Crippen molar-refractivity contribution >= 4 is 10.9 Å². The minimum absolute atomic E-state index is 0.0414. The van der Waals surface area contributed by atoms with E-state index in [2.05, 4.69) is 4.98 Å². The fourth-order valence-electron chi connectivity index (χ4n) is 3.44. The zero-order valence-corrected chi connectivity index (χ0v) is 15.6. The summed E-state index contributed by atoms with van der Waals surface area (Å²) in [4.78, 5) is 17.3. The van der Waals surface area contributed by atoms with Gasteiger partial charge in [0.15, 0.2) is 0 Å². The number of ether oxygens (including phenoxy) is 1. The number of halogens is 1. The van der Waals surface area contributed by atoms with Gasteiger partial charge in [-0.15, -0.1) is 0 Å². The second-order valence-electron chi connectivity index (χ2n) is 6.51. The fourth-order valence-corrected chi connectivity index (χ4v) is 3.44. The number of aromatic nitrogens is 2. The van der Waals surface area contributed by atoms with Crippen molar-refractivity contribution in [3.63, 3.8) is 0 Å². The maximum Gasteiger partial charge on any atom is 0.269 e. The van der Waals surface area contributed by atoms with Crippen LogP contribution in [0.2, 0.25) is 0 Å². The first-order valence-electron chi connectivity index (χ1n) is 8.92. The van der Waals surface area contributed by atoms with Gasteiger partial charge in [-0.3, -0.25) is 9.78 Å². The summed E-state index contributed by atoms with van der Waals surface area (Å²) in [6.07, 6.45) is 3.33. The van der Waals surface area contributed by atoms with Gasteiger partial charge in [0.1, 0.15) is 23.2 Å². The molecule has 4 rings (SSSR count). The predicted molar refractivity (Wildman–Crippen MR) is 108 cm³/mol. The van der Waals surface area contributed by atoms with Gasteiger partial charge in [0.05, 0.1) is 19.2 Å². The first-order chi connectivity index (χ1) is 14.1. The predicted octanol–water partition coefficient (Wildman–Crippen LogP) is 4.13. The van der Waals surface area contributed by atoms with Crippen molar-refractivity contribution in [1.29, 1.82) is 5.26 Å². The smallest absolute Gasteiger partial charge is 0.269 e. The molecule has 5 nitrogen and oxygen atoms in total. The lowest BCUT2D eigenvalue weighted by Gasteiger charge is -2.16. The van der Waals surface area contributed by atoms with Crippen LogP contribution in [0.15, 0.2) is 71.8 Å². The van der Waals surface area contributed by atoms with Crippen molar-refractivity contribution in [3.8, 4) is 22.9 Å². The Morgan fingerprint density at radius 1 is 1.17 bits per heavy atom. The lowest BCUT2D eigenvalue weighted by Crippen LogP contribution is -2.25. The van der Waals surface area contributed by atoms with Gasteiger partial charge in [-0.25, -0.2) is 4.39 Å². The van der Waals surface area contributed by atoms with Crippen LogP contribution in [-0.2, 0) is 6.54 Å². The Balaban J connectivity index is 2.09. The second kappa shape index (κ2) is 7.56. The lowest BCUT2D eigenvalue weighted by molar-refractivity contribution is 0.415. The van der Waals surface area contributed by atoms with Crippen LogP contribution in [-0.4, -0.2) is 16.7 Å². The number of rotatable bonds is 4. The van der Waals surface area contributed by atoms with Crippen molar-refractivity contribution in [2.75, 3.05) is 7.11 Å². The molecule has 2 heterocycles. The number of nitriles is 1. The van der Waals surface area contributed by atoms with Crippen molar-refractivity contribution in [3.05, 3.63) is 94.3 Å². The standard InChI is InChI=1S/C23H16FN3O2/c1-29-18-7-8-21-19(11-18)22(16-5-2-6-17(24)10-16)20(12-25)23(28)27(21)14-15-4-3-9-26-13-15/h2-11,13H,14H2,1H3. The van der Waals surface area contributed by atoms with Crippen LogP contribution in [0.5, 0.6) is 5.75 Å². The van der Waals surface area contributed by atoms with E-state index in [4.69, 9.17) is 4.74 Å². The Morgan fingerprint density at radius 2 is 2.03 bits per heavy atom. The molecule has 0 saturated heterocycles. The molecule has 2 aromatic heterocycles. The number of fused-ring (bicyclic) bond motifs is 1. The highest BCUT2D eigenvalue weighted by Crippen LogP contribution is 2.33. The van der Waals surface area contributed by atoms with Crippen LogP contribution in [0, 0.1) is 17.1 Å². The molecule has 0 aliphatic carbocycles. The number of methoxy groups -OCH3 is 1. The molecular formula is C23H16FN3O2. The van der Waals surface area contributed by atoms with Crippen molar-refractivity contribution in [2.24, 2.45) is 0 Å². The minimum Gasteiger partial charge on any atom is -0.497 e. The van der Waals surface area contributed by atoms with Crippen molar-refractivity contribution < 1.29 is 9.13 Å². The first kappa shape index (κ1) is 18.4. The van der Waals surface area contributed by atoms with Gasteiger partial charge in [0.2, 0.25) is 0 Å². The monoisotopic (exact) mass is 385 g/mol. The van der Waals surface area contributed by atoms with Gasteiger partial charge < -0.3 is 9.30 Å². The van der Waals surface area contributed by atoms with Crippen LogP contribution >= 0.6 is 0 Å². The quantitative estimate of drug-likeness (QED) is 0.530. The third-order valence-corrected chi connectivity index (χ3v) is 4.76. The molecule has 0 amide bonds. The van der Waals surface area contributed by atoms with Crippen LogP contribution < -0.4 is 10.3 Å². The summed E-state index contributed by atoms with van der Waals surface area (Å²) in [7, 11) is 1.54. The summed E-state index contributed by atoms with van der Waals surface area (Å²) in [5, 5.41) is 10.4. The second-order valence-corrected chi connectivity index (χ2v) is 6.51. The Kier molecular flexibility index (Phi) is 4.80. The number of benzene rings is 2. The van der Waals surface area contributed by atoms with Gasteiger partial charge >= 0.3 is 0 Å². The van der Waals surface area contributed by atoms with Gasteiger partial charge in [-0.05, 0) is 47.5 Å². The molecule has 2 aromatic carbocycles. The highest BCUT2D eigenvalue weighted by molar-refractivity contribution is 5.98. The fraction of sp³-hybridized carbons (Fsp3) is 0.0870. The molecular weight excluding hydrogens is 369 g/mol. The van der Waals surface area contributed by atoms with Crippen molar-refractivity contribution in [2.45, 2.75) is 6.54 Å². The zero-order valence-electron chi connectivity index (χ0n) is 15.6. The number of hydrogen-bond acceptors (Lipinski definition) is 4. The van der Waals surface area contributed by atoms with E-state index in [1.807, 2.05) is 12.1 Å². The molecule has 0 aliphatic rings. The van der Waals surface area contributed by atoms with Crippen molar-refractivity contribution in [1.82, 2.24) is 9.55 Å². The van der Waals surface area contributed by atoms with E-state index in [0.29, 0.717) is 27.8 Å². The molecule has 0 atom stereocenters. The highest BCUT2D eigenvalue weighted by Gasteiger charge is 2.19. The van der Waals surface area contributed by atoms with Crippen LogP contribution in [0.25, 0.3) is 22.0 Å². The van der Waals surface area contributed by atoms with Gasteiger partial charge in [0, 0.05) is 23.3 Å². The van der Waals surface area contributed by atoms with Gasteiger partial charge in [-0.1, -0.05) is 18.2 Å². The summed E-state index contributed by atoms with van der Waals surface area (Å²) in [6.45, 7) is 0.258. The molecule has 0 N–H and O–H groups in total. The Hall–Kier alpha value is -3.98. The molecule has 4 aromatic rings. The molecule has 142 valence electrons. The zero-order chi connectivity index (χ0) is 20.4. The summed E-state index contributed by atoms with van der Waals surface area (Å²) in [6, 6.07) is 16.8. The highest BCUT2D eigenvalue weighted by atomic mass is 19.1. The third kappa shape index (κ3) is 3.34. The van der Waals surface area contributed by atoms with E-state index in [1.54, 1.807) is 55.9 Å². The van der Waals surface area contributed by atoms with Crippen LogP contribution in [0.1, 0.15) is 11.1 Å². The van der Waals surface area contributed by atoms with E-state index in [-0.39, 0.29) is 12.1 Å². The first-order valence-corrected chi connectivity index (χ1v) is 8.92. The molecule has 0 fully saturated rings. The molecule has 29 heavy (non-hydrogen) atoms. The average Bonchev–Trinajstić information content (AvgIpc) is 2.75. The molecule has 6 heteroatoms. The van der Waals surface area contributed by atoms with Gasteiger partial charge in [-0.2, -0.15) is 5.26 Å². The van der Waals surface area contributed by atoms with E-state index >= 15 is 0 Å². The van der Waals surface area contributed by atoms with Gasteiger partial charge in [0.25, 0.3) is 5.56 Å². The van der Waals surface area contributed by atoms with E-state index in [9.17, 15) is 14.4 Å². The van der Waals surface area contributed by atoms with E-state index < -0.39 is 11.4 Å². The third-order valence-electron chi connectivity index (χ3n) is 4.76. The molecule has 0 radical (unpaired) electrons.